The minimum absolute atomic E-state index is 0.0588. The Morgan fingerprint density at radius 3 is 2.53 bits per heavy atom. The number of aliphatic hydroxyl groups excluding tert-OH is 1. The Hall–Kier alpha value is -1.00. The zero-order valence-electron chi connectivity index (χ0n) is 10.7. The van der Waals surface area contributed by atoms with Gasteiger partial charge in [0.05, 0.1) is 12.7 Å². The summed E-state index contributed by atoms with van der Waals surface area (Å²) in [5, 5.41) is 9.78. The Kier molecular flexibility index (Phi) is 3.31. The predicted octanol–water partition coefficient (Wildman–Crippen LogP) is 2.68. The van der Waals surface area contributed by atoms with Crippen molar-refractivity contribution in [2.45, 2.75) is 31.8 Å². The van der Waals surface area contributed by atoms with Crippen LogP contribution in [0.5, 0.6) is 0 Å². The second-order valence-electron chi connectivity index (χ2n) is 5.78. The van der Waals surface area contributed by atoms with Gasteiger partial charge in [0.2, 0.25) is 0 Å². The lowest BCUT2D eigenvalue weighted by Crippen LogP contribution is -2.38. The van der Waals surface area contributed by atoms with Gasteiger partial charge >= 0.3 is 0 Å². The third kappa shape index (κ3) is 2.28. The first-order valence-corrected chi connectivity index (χ1v) is 6.82. The second kappa shape index (κ2) is 4.84. The van der Waals surface area contributed by atoms with Gasteiger partial charge in [-0.3, -0.25) is 0 Å². The Bertz CT molecular complexity index is 453. The third-order valence-electron chi connectivity index (χ3n) is 4.46. The van der Waals surface area contributed by atoms with E-state index in [0.29, 0.717) is 18.9 Å². The summed E-state index contributed by atoms with van der Waals surface area (Å²) in [5.41, 5.74) is -0.447. The normalized spacial score (nSPS) is 30.8. The van der Waals surface area contributed by atoms with Gasteiger partial charge in [0.1, 0.15) is 11.6 Å². The van der Waals surface area contributed by atoms with E-state index < -0.39 is 17.0 Å². The van der Waals surface area contributed by atoms with Gasteiger partial charge in [0.25, 0.3) is 0 Å². The zero-order chi connectivity index (χ0) is 13.5. The van der Waals surface area contributed by atoms with Gasteiger partial charge in [-0.2, -0.15) is 0 Å². The van der Waals surface area contributed by atoms with Gasteiger partial charge in [0.15, 0.2) is 0 Å². The Morgan fingerprint density at radius 1 is 1.26 bits per heavy atom. The molecule has 1 aromatic carbocycles. The van der Waals surface area contributed by atoms with Gasteiger partial charge in [-0.05, 0) is 43.7 Å². The molecule has 1 heterocycles. The molecular weight excluding hydrogens is 250 g/mol. The molecular formula is C15H18F2O2. The maximum Gasteiger partial charge on any atom is 0.129 e. The Labute approximate surface area is 111 Å². The van der Waals surface area contributed by atoms with Crippen molar-refractivity contribution in [1.82, 2.24) is 0 Å². The summed E-state index contributed by atoms with van der Waals surface area (Å²) in [7, 11) is 0. The van der Waals surface area contributed by atoms with Crippen molar-refractivity contribution in [3.8, 4) is 0 Å². The summed E-state index contributed by atoms with van der Waals surface area (Å²) in [4.78, 5) is 0. The number of hydrogen-bond acceptors (Lipinski definition) is 2. The molecule has 4 heteroatoms. The molecule has 0 aromatic heterocycles. The van der Waals surface area contributed by atoms with E-state index in [-0.39, 0.29) is 24.7 Å². The number of rotatable bonds is 4. The molecule has 2 unspecified atom stereocenters. The third-order valence-corrected chi connectivity index (χ3v) is 4.46. The molecule has 1 aliphatic heterocycles. The Morgan fingerprint density at radius 2 is 1.95 bits per heavy atom. The highest BCUT2D eigenvalue weighted by atomic mass is 19.1. The summed E-state index contributed by atoms with van der Waals surface area (Å²) >= 11 is 0. The number of aliphatic hydroxyl groups is 1. The minimum atomic E-state index is -0.533. The molecule has 2 aliphatic rings. The fraction of sp³-hybridized carbons (Fsp3) is 0.600. The summed E-state index contributed by atoms with van der Waals surface area (Å²) in [6.45, 7) is 0.486. The summed E-state index contributed by atoms with van der Waals surface area (Å²) in [6, 6.07) is 3.90. The molecule has 104 valence electrons. The monoisotopic (exact) mass is 268 g/mol. The van der Waals surface area contributed by atoms with Crippen molar-refractivity contribution in [1.29, 1.82) is 0 Å². The molecule has 0 spiro atoms. The van der Waals surface area contributed by atoms with Crippen LogP contribution in [0.2, 0.25) is 0 Å². The van der Waals surface area contributed by atoms with Crippen molar-refractivity contribution in [3.63, 3.8) is 0 Å². The molecule has 1 saturated carbocycles. The first kappa shape index (κ1) is 13.0. The molecule has 2 atom stereocenters. The van der Waals surface area contributed by atoms with Crippen molar-refractivity contribution in [2.24, 2.45) is 11.3 Å². The van der Waals surface area contributed by atoms with Gasteiger partial charge in [-0.25, -0.2) is 8.78 Å². The largest absolute Gasteiger partial charge is 0.396 e. The fourth-order valence-corrected chi connectivity index (χ4v) is 3.21. The molecule has 19 heavy (non-hydrogen) atoms. The fourth-order valence-electron chi connectivity index (χ4n) is 3.21. The molecule has 1 N–H and O–H groups in total. The minimum Gasteiger partial charge on any atom is -0.396 e. The average molecular weight is 268 g/mol. The molecule has 1 saturated heterocycles. The molecule has 2 fully saturated rings. The van der Waals surface area contributed by atoms with Crippen LogP contribution >= 0.6 is 0 Å². The molecule has 0 radical (unpaired) electrons. The zero-order valence-corrected chi connectivity index (χ0v) is 10.7. The quantitative estimate of drug-likeness (QED) is 0.909. The van der Waals surface area contributed by atoms with E-state index in [4.69, 9.17) is 4.74 Å². The highest BCUT2D eigenvalue weighted by Gasteiger charge is 2.51. The highest BCUT2D eigenvalue weighted by Crippen LogP contribution is 2.49. The second-order valence-corrected chi connectivity index (χ2v) is 5.78. The van der Waals surface area contributed by atoms with E-state index in [1.807, 2.05) is 0 Å². The van der Waals surface area contributed by atoms with Crippen LogP contribution in [0.3, 0.4) is 0 Å². The van der Waals surface area contributed by atoms with E-state index in [1.54, 1.807) is 0 Å². The van der Waals surface area contributed by atoms with Crippen LogP contribution in [0.1, 0.15) is 24.8 Å². The van der Waals surface area contributed by atoms with Crippen LogP contribution < -0.4 is 0 Å². The average Bonchev–Trinajstić information content (AvgIpc) is 3.15. The molecule has 0 bridgehead atoms. The summed E-state index contributed by atoms with van der Waals surface area (Å²) in [6.07, 6.45) is 3.00. The van der Waals surface area contributed by atoms with Crippen molar-refractivity contribution < 1.29 is 18.6 Å². The predicted molar refractivity (Wildman–Crippen MR) is 66.7 cm³/mol. The van der Waals surface area contributed by atoms with E-state index >= 15 is 0 Å². The van der Waals surface area contributed by atoms with Crippen molar-refractivity contribution >= 4 is 0 Å². The van der Waals surface area contributed by atoms with Crippen molar-refractivity contribution in [2.75, 3.05) is 13.2 Å². The van der Waals surface area contributed by atoms with Gasteiger partial charge in [-0.15, -0.1) is 0 Å². The maximum atomic E-state index is 13.8. The van der Waals surface area contributed by atoms with E-state index in [2.05, 4.69) is 0 Å². The molecule has 1 aliphatic carbocycles. The molecule has 1 aromatic rings. The number of hydrogen-bond donors (Lipinski definition) is 1. The number of halogens is 2. The van der Waals surface area contributed by atoms with E-state index in [0.717, 1.165) is 12.8 Å². The van der Waals surface area contributed by atoms with E-state index in [9.17, 15) is 13.9 Å². The molecule has 0 amide bonds. The smallest absolute Gasteiger partial charge is 0.129 e. The molecule has 3 rings (SSSR count). The van der Waals surface area contributed by atoms with Crippen LogP contribution in [0.25, 0.3) is 0 Å². The first-order valence-electron chi connectivity index (χ1n) is 6.82. The topological polar surface area (TPSA) is 29.5 Å². The lowest BCUT2D eigenvalue weighted by atomic mass is 9.74. The van der Waals surface area contributed by atoms with Gasteiger partial charge in [-0.1, -0.05) is 6.07 Å². The number of benzene rings is 1. The van der Waals surface area contributed by atoms with Crippen LogP contribution in [0.15, 0.2) is 18.2 Å². The van der Waals surface area contributed by atoms with E-state index in [1.165, 1.54) is 18.2 Å². The lowest BCUT2D eigenvalue weighted by Gasteiger charge is -2.32. The highest BCUT2D eigenvalue weighted by molar-refractivity contribution is 5.22. The summed E-state index contributed by atoms with van der Waals surface area (Å²) in [5.74, 6) is -0.618. The first-order chi connectivity index (χ1) is 9.16. The van der Waals surface area contributed by atoms with Gasteiger partial charge in [0, 0.05) is 17.6 Å². The van der Waals surface area contributed by atoms with Gasteiger partial charge < -0.3 is 9.84 Å². The number of ether oxygens (including phenoxy) is 1. The maximum absolute atomic E-state index is 13.8. The van der Waals surface area contributed by atoms with Crippen LogP contribution in [0.4, 0.5) is 8.78 Å². The van der Waals surface area contributed by atoms with Crippen LogP contribution in [0, 0.1) is 23.0 Å². The Balaban J connectivity index is 1.90. The summed E-state index contributed by atoms with van der Waals surface area (Å²) < 4.78 is 33.3. The SMILES string of the molecule is OCC1(Cc2c(F)cccc2F)CCOC1C1CC1. The lowest BCUT2D eigenvalue weighted by molar-refractivity contribution is -0.000190. The van der Waals surface area contributed by atoms with Crippen LogP contribution in [-0.4, -0.2) is 24.4 Å². The van der Waals surface area contributed by atoms with Crippen molar-refractivity contribution in [3.05, 3.63) is 35.4 Å². The standard InChI is InChI=1S/C15H18F2O2/c16-12-2-1-3-13(17)11(12)8-15(9-18)6-7-19-14(15)10-4-5-10/h1-3,10,14,18H,4-9H2. The molecule has 2 nitrogen and oxygen atoms in total. The van der Waals surface area contributed by atoms with Crippen LogP contribution in [-0.2, 0) is 11.2 Å².